The van der Waals surface area contributed by atoms with Crippen LogP contribution in [-0.2, 0) is 6.54 Å². The molecular formula is C17H18N2. The minimum Gasteiger partial charge on any atom is -0.361 e. The van der Waals surface area contributed by atoms with Crippen LogP contribution < -0.4 is 5.32 Å². The summed E-state index contributed by atoms with van der Waals surface area (Å²) in [6.45, 7) is 3.07. The molecule has 0 fully saturated rings. The van der Waals surface area contributed by atoms with Gasteiger partial charge in [0.15, 0.2) is 0 Å². The zero-order valence-corrected chi connectivity index (χ0v) is 11.1. The van der Waals surface area contributed by atoms with Crippen LogP contribution in [0.4, 0.5) is 0 Å². The van der Waals surface area contributed by atoms with Gasteiger partial charge in [0.05, 0.1) is 0 Å². The van der Waals surface area contributed by atoms with Gasteiger partial charge in [-0.05, 0) is 24.1 Å². The lowest BCUT2D eigenvalue weighted by atomic mass is 10.1. The van der Waals surface area contributed by atoms with Crippen LogP contribution >= 0.6 is 0 Å². The van der Waals surface area contributed by atoms with Crippen LogP contribution in [0.1, 0.15) is 24.1 Å². The number of hydrogen-bond acceptors (Lipinski definition) is 1. The van der Waals surface area contributed by atoms with E-state index in [1.165, 1.54) is 22.0 Å². The molecule has 0 saturated carbocycles. The summed E-state index contributed by atoms with van der Waals surface area (Å²) in [5, 5.41) is 4.87. The van der Waals surface area contributed by atoms with Gasteiger partial charge in [-0.15, -0.1) is 0 Å². The first kappa shape index (κ1) is 12.0. The Morgan fingerprint density at radius 1 is 1.00 bits per heavy atom. The van der Waals surface area contributed by atoms with Gasteiger partial charge in [-0.3, -0.25) is 0 Å². The van der Waals surface area contributed by atoms with Crippen LogP contribution in [0.5, 0.6) is 0 Å². The number of aromatic amines is 1. The molecule has 1 atom stereocenters. The van der Waals surface area contributed by atoms with Crippen molar-refractivity contribution in [2.75, 3.05) is 0 Å². The minimum atomic E-state index is 0.356. The van der Waals surface area contributed by atoms with Gasteiger partial charge in [-0.1, -0.05) is 48.5 Å². The van der Waals surface area contributed by atoms with Crippen molar-refractivity contribution in [3.05, 3.63) is 71.9 Å². The number of aromatic nitrogens is 1. The van der Waals surface area contributed by atoms with Crippen molar-refractivity contribution >= 4 is 10.9 Å². The lowest BCUT2D eigenvalue weighted by Crippen LogP contribution is -2.17. The summed E-state index contributed by atoms with van der Waals surface area (Å²) in [4.78, 5) is 3.31. The van der Waals surface area contributed by atoms with Crippen molar-refractivity contribution in [2.24, 2.45) is 0 Å². The summed E-state index contributed by atoms with van der Waals surface area (Å²) in [5.41, 5.74) is 3.84. The van der Waals surface area contributed by atoms with Gasteiger partial charge in [-0.25, -0.2) is 0 Å². The molecule has 1 heterocycles. The van der Waals surface area contributed by atoms with E-state index in [1.807, 2.05) is 0 Å². The van der Waals surface area contributed by atoms with Crippen molar-refractivity contribution in [2.45, 2.75) is 19.5 Å². The van der Waals surface area contributed by atoms with Gasteiger partial charge < -0.3 is 10.3 Å². The third-order valence-electron chi connectivity index (χ3n) is 3.57. The first-order chi connectivity index (χ1) is 9.34. The molecule has 2 heteroatoms. The first-order valence-electron chi connectivity index (χ1n) is 6.68. The fourth-order valence-electron chi connectivity index (χ4n) is 2.40. The molecular weight excluding hydrogens is 232 g/mol. The highest BCUT2D eigenvalue weighted by Gasteiger charge is 2.06. The molecule has 3 aromatic rings. The molecule has 0 amide bonds. The van der Waals surface area contributed by atoms with E-state index in [4.69, 9.17) is 0 Å². The van der Waals surface area contributed by atoms with E-state index in [0.717, 1.165) is 6.54 Å². The Morgan fingerprint density at radius 3 is 2.58 bits per heavy atom. The normalized spacial score (nSPS) is 12.7. The SMILES string of the molecule is C[C@@H](NCc1c[nH]c2ccccc12)c1ccccc1. The fraction of sp³-hybridized carbons (Fsp3) is 0.176. The molecule has 0 aliphatic rings. The zero-order chi connectivity index (χ0) is 13.1. The molecule has 0 spiro atoms. The van der Waals surface area contributed by atoms with Crippen LogP contribution in [-0.4, -0.2) is 4.98 Å². The average Bonchev–Trinajstić information content (AvgIpc) is 2.89. The van der Waals surface area contributed by atoms with Crippen molar-refractivity contribution in [1.29, 1.82) is 0 Å². The van der Waals surface area contributed by atoms with Crippen molar-refractivity contribution in [1.82, 2.24) is 10.3 Å². The summed E-state index contributed by atoms with van der Waals surface area (Å²) in [6, 6.07) is 19.3. The molecule has 19 heavy (non-hydrogen) atoms. The van der Waals surface area contributed by atoms with E-state index < -0.39 is 0 Å². The third-order valence-corrected chi connectivity index (χ3v) is 3.57. The van der Waals surface area contributed by atoms with Gasteiger partial charge in [-0.2, -0.15) is 0 Å². The topological polar surface area (TPSA) is 27.8 Å². The van der Waals surface area contributed by atoms with Crippen LogP contribution in [0, 0.1) is 0 Å². The molecule has 2 aromatic carbocycles. The van der Waals surface area contributed by atoms with Gasteiger partial charge in [0, 0.05) is 29.7 Å². The van der Waals surface area contributed by atoms with Crippen LogP contribution in [0.15, 0.2) is 60.8 Å². The maximum Gasteiger partial charge on any atom is 0.0457 e. The van der Waals surface area contributed by atoms with Crippen molar-refractivity contribution in [3.8, 4) is 0 Å². The van der Waals surface area contributed by atoms with E-state index in [1.54, 1.807) is 0 Å². The standard InChI is InChI=1S/C17H18N2/c1-13(14-7-3-2-4-8-14)18-11-15-12-19-17-10-6-5-9-16(15)17/h2-10,12-13,18-19H,11H2,1H3/t13-/m1/s1. The highest BCUT2D eigenvalue weighted by atomic mass is 14.9. The Bertz CT molecular complexity index is 655. The fourth-order valence-corrected chi connectivity index (χ4v) is 2.40. The average molecular weight is 250 g/mol. The van der Waals surface area contributed by atoms with Crippen molar-refractivity contribution in [3.63, 3.8) is 0 Å². The Labute approximate surface area is 113 Å². The summed E-state index contributed by atoms with van der Waals surface area (Å²) in [5.74, 6) is 0. The van der Waals surface area contributed by atoms with Crippen molar-refractivity contribution < 1.29 is 0 Å². The largest absolute Gasteiger partial charge is 0.361 e. The van der Waals surface area contributed by atoms with E-state index in [9.17, 15) is 0 Å². The second-order valence-corrected chi connectivity index (χ2v) is 4.87. The van der Waals surface area contributed by atoms with E-state index in [-0.39, 0.29) is 0 Å². The number of rotatable bonds is 4. The number of nitrogens with one attached hydrogen (secondary N) is 2. The summed E-state index contributed by atoms with van der Waals surface area (Å²) >= 11 is 0. The molecule has 0 radical (unpaired) electrons. The lowest BCUT2D eigenvalue weighted by Gasteiger charge is -2.13. The molecule has 3 rings (SSSR count). The number of benzene rings is 2. The van der Waals surface area contributed by atoms with Crippen LogP contribution in [0.25, 0.3) is 10.9 Å². The van der Waals surface area contributed by atoms with Crippen LogP contribution in [0.2, 0.25) is 0 Å². The molecule has 0 aliphatic heterocycles. The smallest absolute Gasteiger partial charge is 0.0457 e. The summed E-state index contributed by atoms with van der Waals surface area (Å²) in [7, 11) is 0. The third kappa shape index (κ3) is 2.54. The minimum absolute atomic E-state index is 0.356. The molecule has 0 saturated heterocycles. The highest BCUT2D eigenvalue weighted by molar-refractivity contribution is 5.82. The molecule has 0 aliphatic carbocycles. The summed E-state index contributed by atoms with van der Waals surface area (Å²) in [6.07, 6.45) is 2.09. The number of H-pyrrole nitrogens is 1. The van der Waals surface area contributed by atoms with Crippen LogP contribution in [0.3, 0.4) is 0 Å². The number of hydrogen-bond donors (Lipinski definition) is 2. The van der Waals surface area contributed by atoms with Gasteiger partial charge in [0.25, 0.3) is 0 Å². The highest BCUT2D eigenvalue weighted by Crippen LogP contribution is 2.19. The second-order valence-electron chi connectivity index (χ2n) is 4.87. The molecule has 0 bridgehead atoms. The monoisotopic (exact) mass is 250 g/mol. The molecule has 1 aromatic heterocycles. The Balaban J connectivity index is 1.73. The first-order valence-corrected chi connectivity index (χ1v) is 6.68. The second kappa shape index (κ2) is 5.29. The lowest BCUT2D eigenvalue weighted by molar-refractivity contribution is 0.576. The van der Waals surface area contributed by atoms with Gasteiger partial charge in [0.1, 0.15) is 0 Å². The molecule has 0 unspecified atom stereocenters. The predicted molar refractivity (Wildman–Crippen MR) is 80.0 cm³/mol. The van der Waals surface area contributed by atoms with Gasteiger partial charge in [0.2, 0.25) is 0 Å². The summed E-state index contributed by atoms with van der Waals surface area (Å²) < 4.78 is 0. The predicted octanol–water partition coefficient (Wildman–Crippen LogP) is 4.02. The quantitative estimate of drug-likeness (QED) is 0.719. The Morgan fingerprint density at radius 2 is 1.74 bits per heavy atom. The maximum atomic E-state index is 3.57. The molecule has 96 valence electrons. The zero-order valence-electron chi connectivity index (χ0n) is 11.1. The van der Waals surface area contributed by atoms with Gasteiger partial charge >= 0.3 is 0 Å². The van der Waals surface area contributed by atoms with E-state index >= 15 is 0 Å². The van der Waals surface area contributed by atoms with E-state index in [2.05, 4.69) is 78.0 Å². The maximum absolute atomic E-state index is 3.57. The Kier molecular flexibility index (Phi) is 3.34. The number of para-hydroxylation sites is 1. The Hall–Kier alpha value is -2.06. The van der Waals surface area contributed by atoms with E-state index in [0.29, 0.717) is 6.04 Å². The molecule has 2 N–H and O–H groups in total. The number of fused-ring (bicyclic) bond motifs is 1. The molecule has 2 nitrogen and oxygen atoms in total.